The fourth-order valence-electron chi connectivity index (χ4n) is 11.7. The van der Waals surface area contributed by atoms with Crippen LogP contribution in [-0.4, -0.2) is 18.0 Å². The molecular formula is C52H24B2F6N2. The summed E-state index contributed by atoms with van der Waals surface area (Å²) in [5, 5.41) is -0.160. The van der Waals surface area contributed by atoms with Crippen LogP contribution in [0.5, 0.6) is 0 Å². The third-order valence-electron chi connectivity index (χ3n) is 13.8. The van der Waals surface area contributed by atoms with E-state index in [2.05, 4.69) is 0 Å². The second-order valence-corrected chi connectivity index (χ2v) is 16.5. The standard InChI is InChI=1S/C52H24B2F6N2/c55-44-37-35-36-38(43-51(39(35)46(57)48(44)59)61(26-15-5-2-6-16-26)34-24-12-19-29-27-17-7-9-21-31(27)54(43)41(29)34)45(56)49(60)47(58)40(36)52-42(37)53(25-13-3-1-4-14-25)32-22-11-20-30-28-18-8-10-23-33(28)62(52)50(30)32/h1-24H. The summed E-state index contributed by atoms with van der Waals surface area (Å²) in [6.07, 6.45) is 0. The van der Waals surface area contributed by atoms with Gasteiger partial charge < -0.3 is 9.47 Å². The average Bonchev–Trinajstić information content (AvgIpc) is 3.83. The van der Waals surface area contributed by atoms with Gasteiger partial charge in [0.05, 0.1) is 16.9 Å². The minimum Gasteiger partial charge on any atom is -0.311 e. The van der Waals surface area contributed by atoms with Crippen LogP contribution in [0.3, 0.4) is 0 Å². The molecule has 3 aliphatic rings. The van der Waals surface area contributed by atoms with Gasteiger partial charge in [0.2, 0.25) is 13.4 Å². The van der Waals surface area contributed by atoms with Crippen LogP contribution in [0.2, 0.25) is 0 Å². The van der Waals surface area contributed by atoms with Gasteiger partial charge >= 0.3 is 0 Å². The summed E-state index contributed by atoms with van der Waals surface area (Å²) >= 11 is 0. The van der Waals surface area contributed by atoms with Crippen molar-refractivity contribution in [1.29, 1.82) is 0 Å². The molecule has 0 N–H and O–H groups in total. The number of nitrogens with zero attached hydrogens (tertiary/aromatic N) is 2. The molecule has 0 aliphatic carbocycles. The number of halogens is 6. The zero-order valence-electron chi connectivity index (χ0n) is 32.2. The molecule has 3 aliphatic heterocycles. The molecule has 0 saturated heterocycles. The van der Waals surface area contributed by atoms with Gasteiger partial charge in [-0.15, -0.1) is 0 Å². The van der Waals surface area contributed by atoms with Gasteiger partial charge in [0, 0.05) is 60.0 Å². The first-order chi connectivity index (χ1) is 30.4. The van der Waals surface area contributed by atoms with Gasteiger partial charge in [-0.2, -0.15) is 0 Å². The molecule has 10 aromatic carbocycles. The summed E-state index contributed by atoms with van der Waals surface area (Å²) in [6.45, 7) is -1.70. The number of aromatic nitrogens is 1. The number of anilines is 3. The molecule has 0 amide bonds. The Labute approximate surface area is 349 Å². The number of benzene rings is 10. The molecule has 1 aromatic heterocycles. The molecule has 0 fully saturated rings. The van der Waals surface area contributed by atoms with Crippen LogP contribution in [0.15, 0.2) is 146 Å². The first-order valence-corrected chi connectivity index (χ1v) is 20.4. The first-order valence-electron chi connectivity index (χ1n) is 20.4. The Balaban J connectivity index is 1.32. The fraction of sp³-hybridized carbons (Fsp3) is 0. The maximum absolute atomic E-state index is 17.7. The average molecular weight is 812 g/mol. The quantitative estimate of drug-likeness (QED) is 0.0731. The van der Waals surface area contributed by atoms with E-state index in [1.807, 2.05) is 121 Å². The lowest BCUT2D eigenvalue weighted by atomic mass is 9.34. The Morgan fingerprint density at radius 1 is 0.371 bits per heavy atom. The van der Waals surface area contributed by atoms with Crippen molar-refractivity contribution in [2.45, 2.75) is 0 Å². The van der Waals surface area contributed by atoms with Crippen molar-refractivity contribution >= 4 is 117 Å². The van der Waals surface area contributed by atoms with Gasteiger partial charge in [0.25, 0.3) is 0 Å². The SMILES string of the molecule is Fc1c(F)c2c3c(c4c(F)c(F)c(F)c5c6c(c(c1F)c2c54)N(c1ccccc1)c1cccc2c1B6c1ccccc1-2)-n1c2ccccc2c2cccc(c21)B3c1ccccc1. The summed E-state index contributed by atoms with van der Waals surface area (Å²) in [4.78, 5) is 1.74. The van der Waals surface area contributed by atoms with Crippen LogP contribution < -0.4 is 37.7 Å². The van der Waals surface area contributed by atoms with E-state index in [1.165, 1.54) is 0 Å². The number of hydrogen-bond acceptors (Lipinski definition) is 1. The Bertz CT molecular complexity index is 3850. The topological polar surface area (TPSA) is 8.17 Å². The Morgan fingerprint density at radius 2 is 0.919 bits per heavy atom. The second-order valence-electron chi connectivity index (χ2n) is 16.5. The fourth-order valence-corrected chi connectivity index (χ4v) is 11.7. The summed E-state index contributed by atoms with van der Waals surface area (Å²) in [7, 11) is 0. The number of rotatable bonds is 2. The van der Waals surface area contributed by atoms with Crippen LogP contribution >= 0.6 is 0 Å². The number of hydrogen-bond donors (Lipinski definition) is 0. The summed E-state index contributed by atoms with van der Waals surface area (Å²) in [5.74, 6) is -9.43. The van der Waals surface area contributed by atoms with E-state index < -0.39 is 48.3 Å². The Kier molecular flexibility index (Phi) is 6.45. The smallest absolute Gasteiger partial charge is 0.249 e. The van der Waals surface area contributed by atoms with E-state index in [-0.39, 0.29) is 54.6 Å². The van der Waals surface area contributed by atoms with Crippen molar-refractivity contribution in [3.05, 3.63) is 180 Å². The highest BCUT2D eigenvalue weighted by Gasteiger charge is 2.48. The molecule has 0 unspecified atom stereocenters. The van der Waals surface area contributed by atoms with Crippen molar-refractivity contribution in [2.75, 3.05) is 4.90 Å². The minimum absolute atomic E-state index is 0.0314. The molecule has 62 heavy (non-hydrogen) atoms. The van der Waals surface area contributed by atoms with Crippen LogP contribution in [0.4, 0.5) is 43.4 Å². The lowest BCUT2D eigenvalue weighted by molar-refractivity contribution is 0.457. The number of fused-ring (bicyclic) bond motifs is 14. The Hall–Kier alpha value is -7.45. The highest BCUT2D eigenvalue weighted by atomic mass is 19.2. The largest absolute Gasteiger partial charge is 0.311 e. The lowest BCUT2D eigenvalue weighted by Crippen LogP contribution is -2.57. The molecule has 0 atom stereocenters. The highest BCUT2D eigenvalue weighted by molar-refractivity contribution is 7.03. The minimum atomic E-state index is -1.72. The van der Waals surface area contributed by atoms with Crippen molar-refractivity contribution < 1.29 is 26.3 Å². The highest BCUT2D eigenvalue weighted by Crippen LogP contribution is 2.52. The Morgan fingerprint density at radius 3 is 1.66 bits per heavy atom. The summed E-state index contributed by atoms with van der Waals surface area (Å²) in [5.41, 5.74) is 7.28. The van der Waals surface area contributed by atoms with Crippen LogP contribution in [0.25, 0.3) is 70.9 Å². The third-order valence-corrected chi connectivity index (χ3v) is 13.8. The maximum Gasteiger partial charge on any atom is 0.249 e. The molecule has 290 valence electrons. The molecule has 11 aromatic rings. The molecule has 0 saturated carbocycles. The summed E-state index contributed by atoms with van der Waals surface area (Å²) < 4.78 is 107. The number of para-hydroxylation sites is 3. The van der Waals surface area contributed by atoms with E-state index in [1.54, 1.807) is 33.7 Å². The molecule has 2 nitrogen and oxygen atoms in total. The predicted molar refractivity (Wildman–Crippen MR) is 240 cm³/mol. The lowest BCUT2D eigenvalue weighted by Gasteiger charge is -2.39. The van der Waals surface area contributed by atoms with E-state index in [4.69, 9.17) is 0 Å². The van der Waals surface area contributed by atoms with Crippen LogP contribution in [0, 0.1) is 34.9 Å². The van der Waals surface area contributed by atoms with Crippen molar-refractivity contribution in [3.63, 3.8) is 0 Å². The molecule has 4 heterocycles. The first kappa shape index (κ1) is 34.3. The van der Waals surface area contributed by atoms with Gasteiger partial charge in [0.15, 0.2) is 34.9 Å². The van der Waals surface area contributed by atoms with Gasteiger partial charge in [-0.1, -0.05) is 132 Å². The van der Waals surface area contributed by atoms with Crippen molar-refractivity contribution in [1.82, 2.24) is 4.57 Å². The van der Waals surface area contributed by atoms with E-state index >= 15 is 26.3 Å². The van der Waals surface area contributed by atoms with Gasteiger partial charge in [-0.05, 0) is 57.2 Å². The van der Waals surface area contributed by atoms with Crippen LogP contribution in [0.1, 0.15) is 0 Å². The summed E-state index contributed by atoms with van der Waals surface area (Å²) in [6, 6.07) is 44.6. The van der Waals surface area contributed by atoms with E-state index in [0.29, 0.717) is 33.3 Å². The molecule has 0 bridgehead atoms. The van der Waals surface area contributed by atoms with Crippen LogP contribution in [-0.2, 0) is 0 Å². The zero-order chi connectivity index (χ0) is 41.4. The van der Waals surface area contributed by atoms with Gasteiger partial charge in [0.1, 0.15) is 0 Å². The third kappa shape index (κ3) is 3.85. The van der Waals surface area contributed by atoms with E-state index in [9.17, 15) is 0 Å². The predicted octanol–water partition coefficient (Wildman–Crippen LogP) is 9.63. The second kappa shape index (κ2) is 11.7. The normalized spacial score (nSPS) is 13.5. The monoisotopic (exact) mass is 812 g/mol. The zero-order valence-corrected chi connectivity index (χ0v) is 32.2. The molecular weight excluding hydrogens is 788 g/mol. The molecule has 14 rings (SSSR count). The van der Waals surface area contributed by atoms with Gasteiger partial charge in [-0.25, -0.2) is 26.3 Å². The van der Waals surface area contributed by atoms with Crippen molar-refractivity contribution in [3.8, 4) is 16.8 Å². The molecule has 0 radical (unpaired) electrons. The molecule has 0 spiro atoms. The van der Waals surface area contributed by atoms with Gasteiger partial charge in [-0.3, -0.25) is 0 Å². The van der Waals surface area contributed by atoms with Crippen molar-refractivity contribution in [2.24, 2.45) is 0 Å². The maximum atomic E-state index is 17.7. The molecule has 10 heteroatoms. The van der Waals surface area contributed by atoms with E-state index in [0.717, 1.165) is 32.8 Å².